The van der Waals surface area contributed by atoms with E-state index in [9.17, 15) is 13.2 Å². The number of amides is 1. The summed E-state index contributed by atoms with van der Waals surface area (Å²) in [5, 5.41) is 4.96. The molecule has 1 heterocycles. The number of piperazine rings is 1. The standard InChI is InChI=1S/C12H25N3O4S/c1-12(2,3)19-11(16)15-8-6-14(7-9-15)5-4-10-20(13,17)18/h4-10H2,1-3H3,(H2,13,17,18). The van der Waals surface area contributed by atoms with Gasteiger partial charge in [-0.15, -0.1) is 0 Å². The molecule has 1 aliphatic heterocycles. The third-order valence-electron chi connectivity index (χ3n) is 2.93. The van der Waals surface area contributed by atoms with Gasteiger partial charge in [-0.1, -0.05) is 0 Å². The number of hydrogen-bond donors (Lipinski definition) is 1. The third-order valence-corrected chi connectivity index (χ3v) is 3.78. The summed E-state index contributed by atoms with van der Waals surface area (Å²) in [5.41, 5.74) is -0.482. The summed E-state index contributed by atoms with van der Waals surface area (Å²) >= 11 is 0. The van der Waals surface area contributed by atoms with Gasteiger partial charge in [-0.05, 0) is 33.7 Å². The molecule has 0 unspecified atom stereocenters. The highest BCUT2D eigenvalue weighted by Gasteiger charge is 2.25. The summed E-state index contributed by atoms with van der Waals surface area (Å²) in [6, 6.07) is 0. The zero-order valence-electron chi connectivity index (χ0n) is 12.5. The Balaban J connectivity index is 2.28. The highest BCUT2D eigenvalue weighted by atomic mass is 32.2. The van der Waals surface area contributed by atoms with Gasteiger partial charge in [-0.25, -0.2) is 18.4 Å². The summed E-state index contributed by atoms with van der Waals surface area (Å²) in [7, 11) is -3.38. The molecule has 1 aliphatic rings. The molecule has 1 fully saturated rings. The van der Waals surface area contributed by atoms with E-state index in [1.54, 1.807) is 4.90 Å². The predicted molar refractivity (Wildman–Crippen MR) is 76.8 cm³/mol. The fraction of sp³-hybridized carbons (Fsp3) is 0.917. The number of carbonyl (C=O) groups is 1. The lowest BCUT2D eigenvalue weighted by Gasteiger charge is -2.35. The second kappa shape index (κ2) is 6.73. The molecular weight excluding hydrogens is 282 g/mol. The monoisotopic (exact) mass is 307 g/mol. The van der Waals surface area contributed by atoms with E-state index in [0.29, 0.717) is 26.1 Å². The minimum Gasteiger partial charge on any atom is -0.444 e. The Morgan fingerprint density at radius 1 is 1.20 bits per heavy atom. The van der Waals surface area contributed by atoms with Crippen LogP contribution in [-0.2, 0) is 14.8 Å². The molecular formula is C12H25N3O4S. The van der Waals surface area contributed by atoms with Gasteiger partial charge in [0, 0.05) is 26.2 Å². The number of rotatable bonds is 4. The van der Waals surface area contributed by atoms with Crippen LogP contribution in [0.25, 0.3) is 0 Å². The van der Waals surface area contributed by atoms with Crippen molar-refractivity contribution >= 4 is 16.1 Å². The van der Waals surface area contributed by atoms with E-state index in [4.69, 9.17) is 9.88 Å². The van der Waals surface area contributed by atoms with Crippen LogP contribution in [0.4, 0.5) is 4.79 Å². The normalized spacial score (nSPS) is 18.1. The van der Waals surface area contributed by atoms with Crippen molar-refractivity contribution < 1.29 is 17.9 Å². The summed E-state index contributed by atoms with van der Waals surface area (Å²) in [6.45, 7) is 8.86. The first-order valence-corrected chi connectivity index (χ1v) is 8.49. The molecule has 0 aromatic heterocycles. The molecule has 1 rings (SSSR count). The number of hydrogen-bond acceptors (Lipinski definition) is 5. The van der Waals surface area contributed by atoms with Crippen LogP contribution < -0.4 is 5.14 Å². The molecule has 0 aromatic rings. The first kappa shape index (κ1) is 17.2. The molecule has 2 N–H and O–H groups in total. The van der Waals surface area contributed by atoms with Crippen molar-refractivity contribution in [1.82, 2.24) is 9.80 Å². The molecule has 0 spiro atoms. The van der Waals surface area contributed by atoms with Crippen molar-refractivity contribution in [2.75, 3.05) is 38.5 Å². The minimum atomic E-state index is -3.38. The highest BCUT2D eigenvalue weighted by molar-refractivity contribution is 7.89. The fourth-order valence-electron chi connectivity index (χ4n) is 1.97. The lowest BCUT2D eigenvalue weighted by Crippen LogP contribution is -2.50. The van der Waals surface area contributed by atoms with E-state index in [1.165, 1.54) is 0 Å². The number of sulfonamides is 1. The number of carbonyl (C=O) groups excluding carboxylic acids is 1. The topological polar surface area (TPSA) is 92.9 Å². The highest BCUT2D eigenvalue weighted by Crippen LogP contribution is 2.11. The van der Waals surface area contributed by atoms with Gasteiger partial charge < -0.3 is 9.64 Å². The summed E-state index contributed by atoms with van der Waals surface area (Å²) < 4.78 is 27.0. The van der Waals surface area contributed by atoms with Gasteiger partial charge in [-0.3, -0.25) is 4.90 Å². The number of nitrogens with zero attached hydrogens (tertiary/aromatic N) is 2. The Kier molecular flexibility index (Phi) is 5.79. The van der Waals surface area contributed by atoms with E-state index in [-0.39, 0.29) is 11.8 Å². The first-order valence-electron chi connectivity index (χ1n) is 6.77. The van der Waals surface area contributed by atoms with Crippen LogP contribution in [0.15, 0.2) is 0 Å². The average Bonchev–Trinajstić information content (AvgIpc) is 2.25. The maximum absolute atomic E-state index is 11.9. The van der Waals surface area contributed by atoms with Crippen LogP contribution in [0.2, 0.25) is 0 Å². The van der Waals surface area contributed by atoms with E-state index >= 15 is 0 Å². The quantitative estimate of drug-likeness (QED) is 0.802. The van der Waals surface area contributed by atoms with Crippen LogP contribution in [0.5, 0.6) is 0 Å². The van der Waals surface area contributed by atoms with Crippen molar-refractivity contribution in [3.8, 4) is 0 Å². The third kappa shape index (κ3) is 7.06. The Hall–Kier alpha value is -0.860. The molecule has 0 atom stereocenters. The Morgan fingerprint density at radius 2 is 1.75 bits per heavy atom. The summed E-state index contributed by atoms with van der Waals surface area (Å²) in [4.78, 5) is 15.7. The molecule has 0 aliphatic carbocycles. The van der Waals surface area contributed by atoms with Gasteiger partial charge in [0.25, 0.3) is 0 Å². The van der Waals surface area contributed by atoms with Crippen molar-refractivity contribution in [1.29, 1.82) is 0 Å². The molecule has 7 nitrogen and oxygen atoms in total. The molecule has 0 saturated carbocycles. The molecule has 118 valence electrons. The number of ether oxygens (including phenoxy) is 1. The molecule has 8 heteroatoms. The van der Waals surface area contributed by atoms with Crippen molar-refractivity contribution in [2.24, 2.45) is 5.14 Å². The maximum Gasteiger partial charge on any atom is 0.410 e. The average molecular weight is 307 g/mol. The van der Waals surface area contributed by atoms with E-state index in [0.717, 1.165) is 13.1 Å². The first-order chi connectivity index (χ1) is 9.07. The zero-order chi connectivity index (χ0) is 15.4. The number of primary sulfonamides is 1. The van der Waals surface area contributed by atoms with Gasteiger partial charge in [0.15, 0.2) is 0 Å². The van der Waals surface area contributed by atoms with Crippen LogP contribution in [0.3, 0.4) is 0 Å². The van der Waals surface area contributed by atoms with E-state index < -0.39 is 15.6 Å². The lowest BCUT2D eigenvalue weighted by molar-refractivity contribution is 0.0146. The maximum atomic E-state index is 11.9. The second-order valence-corrected chi connectivity index (χ2v) is 7.76. The Bertz CT molecular complexity index is 422. The van der Waals surface area contributed by atoms with E-state index in [1.807, 2.05) is 20.8 Å². The Labute approximate surface area is 121 Å². The molecule has 20 heavy (non-hydrogen) atoms. The number of nitrogens with two attached hydrogens (primary N) is 1. The van der Waals surface area contributed by atoms with E-state index in [2.05, 4.69) is 4.90 Å². The SMILES string of the molecule is CC(C)(C)OC(=O)N1CCN(CCCS(N)(=O)=O)CC1. The second-order valence-electron chi connectivity index (χ2n) is 6.03. The van der Waals surface area contributed by atoms with Gasteiger partial charge in [-0.2, -0.15) is 0 Å². The predicted octanol–water partition coefficient (Wildman–Crippen LogP) is 0.218. The molecule has 0 radical (unpaired) electrons. The van der Waals surface area contributed by atoms with Crippen LogP contribution in [0, 0.1) is 0 Å². The van der Waals surface area contributed by atoms with Crippen LogP contribution in [-0.4, -0.2) is 68.4 Å². The van der Waals surface area contributed by atoms with Gasteiger partial charge in [0.05, 0.1) is 5.75 Å². The summed E-state index contributed by atoms with van der Waals surface area (Å²) in [5.74, 6) is -0.000714. The van der Waals surface area contributed by atoms with Gasteiger partial charge >= 0.3 is 6.09 Å². The van der Waals surface area contributed by atoms with Crippen LogP contribution in [0.1, 0.15) is 27.2 Å². The molecule has 1 saturated heterocycles. The molecule has 1 amide bonds. The van der Waals surface area contributed by atoms with Crippen molar-refractivity contribution in [3.05, 3.63) is 0 Å². The summed E-state index contributed by atoms with van der Waals surface area (Å²) in [6.07, 6.45) is 0.229. The lowest BCUT2D eigenvalue weighted by atomic mass is 10.2. The van der Waals surface area contributed by atoms with Gasteiger partial charge in [0.2, 0.25) is 10.0 Å². The molecule has 0 aromatic carbocycles. The molecule has 0 bridgehead atoms. The zero-order valence-corrected chi connectivity index (χ0v) is 13.3. The smallest absolute Gasteiger partial charge is 0.410 e. The largest absolute Gasteiger partial charge is 0.444 e. The van der Waals surface area contributed by atoms with Gasteiger partial charge in [0.1, 0.15) is 5.60 Å². The Morgan fingerprint density at radius 3 is 2.20 bits per heavy atom. The van der Waals surface area contributed by atoms with Crippen LogP contribution >= 0.6 is 0 Å². The van der Waals surface area contributed by atoms with Crippen molar-refractivity contribution in [2.45, 2.75) is 32.8 Å². The van der Waals surface area contributed by atoms with Crippen molar-refractivity contribution in [3.63, 3.8) is 0 Å². The fourth-order valence-corrected chi connectivity index (χ4v) is 2.50. The minimum absolute atomic E-state index is 0.000714.